The fourth-order valence-corrected chi connectivity index (χ4v) is 4.39. The second-order valence-corrected chi connectivity index (χ2v) is 8.66. The van der Waals surface area contributed by atoms with Crippen molar-refractivity contribution in [3.63, 3.8) is 0 Å². The van der Waals surface area contributed by atoms with Crippen molar-refractivity contribution in [2.45, 2.75) is 57.9 Å². The van der Waals surface area contributed by atoms with Gasteiger partial charge >= 0.3 is 0 Å². The van der Waals surface area contributed by atoms with Crippen LogP contribution in [0.3, 0.4) is 0 Å². The first kappa shape index (κ1) is 17.2. The molecule has 130 valence electrons. The lowest BCUT2D eigenvalue weighted by atomic mass is 10.1. The maximum absolute atomic E-state index is 12.4. The van der Waals surface area contributed by atoms with Crippen molar-refractivity contribution < 1.29 is 8.42 Å². The zero-order chi connectivity index (χ0) is 17.5. The lowest BCUT2D eigenvalue weighted by Crippen LogP contribution is -2.26. The van der Waals surface area contributed by atoms with E-state index in [4.69, 9.17) is 0 Å². The van der Waals surface area contributed by atoms with Crippen molar-refractivity contribution in [2.75, 3.05) is 6.54 Å². The third kappa shape index (κ3) is 3.42. The molecule has 1 aliphatic rings. The SMILES string of the molecule is Cc1ccc(S(=O)(=O)NCCc2cc(C)n(C3CC3)c2C)cc1C. The highest BCUT2D eigenvalue weighted by molar-refractivity contribution is 7.89. The first-order valence-corrected chi connectivity index (χ1v) is 10.0. The third-order valence-electron chi connectivity index (χ3n) is 4.98. The zero-order valence-electron chi connectivity index (χ0n) is 14.9. The molecule has 0 saturated heterocycles. The largest absolute Gasteiger partial charge is 0.346 e. The summed E-state index contributed by atoms with van der Waals surface area (Å²) in [5.41, 5.74) is 5.89. The molecular weight excluding hydrogens is 320 g/mol. The molecule has 1 N–H and O–H groups in total. The molecule has 0 atom stereocenters. The second kappa shape index (κ2) is 6.37. The molecule has 1 aromatic carbocycles. The summed E-state index contributed by atoms with van der Waals surface area (Å²) in [4.78, 5) is 0.342. The lowest BCUT2D eigenvalue weighted by Gasteiger charge is -2.10. The van der Waals surface area contributed by atoms with E-state index in [1.54, 1.807) is 12.1 Å². The van der Waals surface area contributed by atoms with E-state index in [9.17, 15) is 8.42 Å². The summed E-state index contributed by atoms with van der Waals surface area (Å²) >= 11 is 0. The average molecular weight is 346 g/mol. The molecule has 0 unspecified atom stereocenters. The van der Waals surface area contributed by atoms with Crippen molar-refractivity contribution >= 4 is 10.0 Å². The van der Waals surface area contributed by atoms with Crippen molar-refractivity contribution in [3.8, 4) is 0 Å². The third-order valence-corrected chi connectivity index (χ3v) is 6.43. The van der Waals surface area contributed by atoms with E-state index in [1.807, 2.05) is 19.9 Å². The van der Waals surface area contributed by atoms with Crippen LogP contribution in [0.15, 0.2) is 29.2 Å². The average Bonchev–Trinajstić information content (AvgIpc) is 3.29. The molecule has 1 fully saturated rings. The number of aromatic nitrogens is 1. The number of nitrogens with one attached hydrogen (secondary N) is 1. The Morgan fingerprint density at radius 3 is 2.42 bits per heavy atom. The summed E-state index contributed by atoms with van der Waals surface area (Å²) in [6.45, 7) is 8.60. The van der Waals surface area contributed by atoms with Gasteiger partial charge in [0.1, 0.15) is 0 Å². The van der Waals surface area contributed by atoms with Crippen LogP contribution in [0.5, 0.6) is 0 Å². The van der Waals surface area contributed by atoms with Gasteiger partial charge in [-0.1, -0.05) is 6.07 Å². The van der Waals surface area contributed by atoms with Gasteiger partial charge in [0.25, 0.3) is 0 Å². The number of hydrogen-bond donors (Lipinski definition) is 1. The standard InChI is InChI=1S/C19H26N2O2S/c1-13-5-8-19(11-14(13)2)24(22,23)20-10-9-17-12-15(3)21(16(17)4)18-6-7-18/h5,8,11-12,18,20H,6-7,9-10H2,1-4H3. The second-order valence-electron chi connectivity index (χ2n) is 6.89. The maximum atomic E-state index is 12.4. The van der Waals surface area contributed by atoms with E-state index in [-0.39, 0.29) is 0 Å². The Bertz CT molecular complexity index is 862. The monoisotopic (exact) mass is 346 g/mol. The highest BCUT2D eigenvalue weighted by Crippen LogP contribution is 2.38. The molecule has 0 bridgehead atoms. The van der Waals surface area contributed by atoms with Crippen LogP contribution in [-0.4, -0.2) is 19.5 Å². The summed E-state index contributed by atoms with van der Waals surface area (Å²) < 4.78 is 30.0. The van der Waals surface area contributed by atoms with E-state index >= 15 is 0 Å². The molecule has 5 heteroatoms. The smallest absolute Gasteiger partial charge is 0.240 e. The molecule has 1 aromatic heterocycles. The van der Waals surface area contributed by atoms with Gasteiger partial charge in [0.05, 0.1) is 4.90 Å². The predicted octanol–water partition coefficient (Wildman–Crippen LogP) is 3.58. The van der Waals surface area contributed by atoms with E-state index < -0.39 is 10.0 Å². The van der Waals surface area contributed by atoms with Crippen molar-refractivity contribution in [1.29, 1.82) is 0 Å². The predicted molar refractivity (Wildman–Crippen MR) is 97.0 cm³/mol. The van der Waals surface area contributed by atoms with E-state index in [0.29, 0.717) is 17.5 Å². The van der Waals surface area contributed by atoms with Gasteiger partial charge in [0, 0.05) is 24.0 Å². The lowest BCUT2D eigenvalue weighted by molar-refractivity contribution is 0.581. The minimum Gasteiger partial charge on any atom is -0.346 e. The van der Waals surface area contributed by atoms with Crippen LogP contribution >= 0.6 is 0 Å². The van der Waals surface area contributed by atoms with Gasteiger partial charge < -0.3 is 4.57 Å². The number of sulfonamides is 1. The molecule has 0 spiro atoms. The molecular formula is C19H26N2O2S. The van der Waals surface area contributed by atoms with Crippen molar-refractivity contribution in [2.24, 2.45) is 0 Å². The molecule has 0 amide bonds. The van der Waals surface area contributed by atoms with Crippen molar-refractivity contribution in [3.05, 3.63) is 52.3 Å². The molecule has 2 aromatic rings. The number of rotatable bonds is 6. The summed E-state index contributed by atoms with van der Waals surface area (Å²) in [6.07, 6.45) is 3.24. The zero-order valence-corrected chi connectivity index (χ0v) is 15.7. The van der Waals surface area contributed by atoms with Gasteiger partial charge in [-0.05, 0) is 81.8 Å². The summed E-state index contributed by atoms with van der Waals surface area (Å²) in [6, 6.07) is 8.11. The van der Waals surface area contributed by atoms with E-state index in [0.717, 1.165) is 17.5 Å². The fraction of sp³-hybridized carbons (Fsp3) is 0.474. The topological polar surface area (TPSA) is 51.1 Å². The van der Waals surface area contributed by atoms with Crippen molar-refractivity contribution in [1.82, 2.24) is 9.29 Å². The molecule has 1 aliphatic carbocycles. The van der Waals surface area contributed by atoms with Crippen LogP contribution in [0.25, 0.3) is 0 Å². The van der Waals surface area contributed by atoms with Gasteiger partial charge in [-0.3, -0.25) is 0 Å². The Balaban J connectivity index is 1.67. The molecule has 1 saturated carbocycles. The van der Waals surface area contributed by atoms with Crippen LogP contribution in [-0.2, 0) is 16.4 Å². The van der Waals surface area contributed by atoms with E-state index in [2.05, 4.69) is 29.2 Å². The Morgan fingerprint density at radius 1 is 1.08 bits per heavy atom. The van der Waals surface area contributed by atoms with E-state index in [1.165, 1.54) is 29.8 Å². The van der Waals surface area contributed by atoms with Crippen LogP contribution < -0.4 is 4.72 Å². The Hall–Kier alpha value is -1.59. The number of hydrogen-bond acceptors (Lipinski definition) is 2. The molecule has 3 rings (SSSR count). The number of benzene rings is 1. The molecule has 4 nitrogen and oxygen atoms in total. The van der Waals surface area contributed by atoms with Crippen LogP contribution in [0.1, 0.15) is 47.0 Å². The number of aryl methyl sites for hydroxylation is 3. The quantitative estimate of drug-likeness (QED) is 0.869. The maximum Gasteiger partial charge on any atom is 0.240 e. The van der Waals surface area contributed by atoms with Crippen LogP contribution in [0, 0.1) is 27.7 Å². The summed E-state index contributed by atoms with van der Waals surface area (Å²) in [5.74, 6) is 0. The normalized spacial score (nSPS) is 15.0. The minimum absolute atomic E-state index is 0.342. The van der Waals surface area contributed by atoms with Crippen LogP contribution in [0.2, 0.25) is 0 Å². The fourth-order valence-electron chi connectivity index (χ4n) is 3.28. The van der Waals surface area contributed by atoms with Crippen LogP contribution in [0.4, 0.5) is 0 Å². The summed E-state index contributed by atoms with van der Waals surface area (Å²) in [7, 11) is -3.45. The Morgan fingerprint density at radius 2 is 1.79 bits per heavy atom. The minimum atomic E-state index is -3.45. The Kier molecular flexibility index (Phi) is 4.58. The van der Waals surface area contributed by atoms with Gasteiger partial charge in [0.15, 0.2) is 0 Å². The highest BCUT2D eigenvalue weighted by atomic mass is 32.2. The Labute approximate surface area is 144 Å². The van der Waals surface area contributed by atoms with Gasteiger partial charge in [-0.2, -0.15) is 0 Å². The molecule has 24 heavy (non-hydrogen) atoms. The first-order valence-electron chi connectivity index (χ1n) is 8.54. The molecule has 1 heterocycles. The van der Waals surface area contributed by atoms with Gasteiger partial charge in [0.2, 0.25) is 10.0 Å². The summed E-state index contributed by atoms with van der Waals surface area (Å²) in [5, 5.41) is 0. The molecule has 0 radical (unpaired) electrons. The highest BCUT2D eigenvalue weighted by Gasteiger charge is 2.26. The van der Waals surface area contributed by atoms with Gasteiger partial charge in [-0.25, -0.2) is 13.1 Å². The first-order chi connectivity index (χ1) is 11.3. The molecule has 0 aliphatic heterocycles. The number of nitrogens with zero attached hydrogens (tertiary/aromatic N) is 1. The van der Waals surface area contributed by atoms with Gasteiger partial charge in [-0.15, -0.1) is 0 Å².